The van der Waals surface area contributed by atoms with Crippen LogP contribution in [0.1, 0.15) is 73.5 Å². The molecule has 1 fully saturated rings. The van der Waals surface area contributed by atoms with Crippen molar-refractivity contribution in [2.75, 3.05) is 26.2 Å². The van der Waals surface area contributed by atoms with Gasteiger partial charge in [0.1, 0.15) is 0 Å². The van der Waals surface area contributed by atoms with Crippen LogP contribution in [0.5, 0.6) is 0 Å². The second kappa shape index (κ2) is 9.61. The SMILES string of the molecule is CCCNC(=O)CN1CCC(NC(=O)c2cc3c(s2)CCC(C(C)(C)C)C3)CC1. The first kappa shape index (κ1) is 22.3. The summed E-state index contributed by atoms with van der Waals surface area (Å²) in [6.45, 7) is 12.0. The number of hydrogen-bond donors (Lipinski definition) is 2. The second-order valence-corrected chi connectivity index (χ2v) is 10.9. The molecule has 0 bridgehead atoms. The van der Waals surface area contributed by atoms with Crippen molar-refractivity contribution in [3.63, 3.8) is 0 Å². The van der Waals surface area contributed by atoms with Gasteiger partial charge in [0, 0.05) is 30.6 Å². The number of piperidine rings is 1. The highest BCUT2D eigenvalue weighted by molar-refractivity contribution is 7.14. The molecule has 2 amide bonds. The van der Waals surface area contributed by atoms with Crippen LogP contribution in [0.25, 0.3) is 0 Å². The van der Waals surface area contributed by atoms with Crippen LogP contribution in [0.3, 0.4) is 0 Å². The maximum atomic E-state index is 12.8. The van der Waals surface area contributed by atoms with E-state index in [1.165, 1.54) is 16.9 Å². The summed E-state index contributed by atoms with van der Waals surface area (Å²) in [6, 6.07) is 2.35. The van der Waals surface area contributed by atoms with Crippen LogP contribution in [-0.4, -0.2) is 48.9 Å². The average Bonchev–Trinajstić information content (AvgIpc) is 3.11. The summed E-state index contributed by atoms with van der Waals surface area (Å²) in [5, 5.41) is 6.17. The highest BCUT2D eigenvalue weighted by Crippen LogP contribution is 2.40. The van der Waals surface area contributed by atoms with E-state index in [9.17, 15) is 9.59 Å². The largest absolute Gasteiger partial charge is 0.355 e. The zero-order chi connectivity index (χ0) is 21.0. The molecule has 29 heavy (non-hydrogen) atoms. The van der Waals surface area contributed by atoms with Crippen molar-refractivity contribution in [3.05, 3.63) is 21.4 Å². The van der Waals surface area contributed by atoms with Gasteiger partial charge in [0.25, 0.3) is 5.91 Å². The molecule has 2 aliphatic rings. The van der Waals surface area contributed by atoms with E-state index in [-0.39, 0.29) is 17.9 Å². The van der Waals surface area contributed by atoms with E-state index in [2.05, 4.69) is 49.3 Å². The smallest absolute Gasteiger partial charge is 0.261 e. The molecular weight excluding hydrogens is 382 g/mol. The Kier molecular flexibility index (Phi) is 7.38. The summed E-state index contributed by atoms with van der Waals surface area (Å²) in [5.41, 5.74) is 1.71. The van der Waals surface area contributed by atoms with Gasteiger partial charge in [-0.2, -0.15) is 0 Å². The van der Waals surface area contributed by atoms with Crippen LogP contribution in [0.15, 0.2) is 6.07 Å². The summed E-state index contributed by atoms with van der Waals surface area (Å²) in [7, 11) is 0. The lowest BCUT2D eigenvalue weighted by atomic mass is 9.72. The molecule has 1 aliphatic carbocycles. The minimum absolute atomic E-state index is 0.0795. The van der Waals surface area contributed by atoms with Gasteiger partial charge in [-0.3, -0.25) is 14.5 Å². The zero-order valence-electron chi connectivity index (χ0n) is 18.5. The summed E-state index contributed by atoms with van der Waals surface area (Å²) in [6.07, 6.45) is 6.20. The van der Waals surface area contributed by atoms with E-state index in [1.54, 1.807) is 11.3 Å². The van der Waals surface area contributed by atoms with Crippen molar-refractivity contribution >= 4 is 23.2 Å². The number of nitrogens with zero attached hydrogens (tertiary/aromatic N) is 1. The van der Waals surface area contributed by atoms with Gasteiger partial charge in [0.05, 0.1) is 11.4 Å². The molecule has 1 saturated heterocycles. The Morgan fingerprint density at radius 2 is 1.93 bits per heavy atom. The second-order valence-electron chi connectivity index (χ2n) is 9.74. The fourth-order valence-electron chi connectivity index (χ4n) is 4.39. The van der Waals surface area contributed by atoms with Crippen molar-refractivity contribution < 1.29 is 9.59 Å². The molecule has 3 rings (SSSR count). The van der Waals surface area contributed by atoms with Crippen molar-refractivity contribution in [2.45, 2.75) is 72.3 Å². The van der Waals surface area contributed by atoms with Gasteiger partial charge in [0.15, 0.2) is 0 Å². The molecular formula is C23H37N3O2S. The van der Waals surface area contributed by atoms with Gasteiger partial charge in [-0.05, 0) is 61.5 Å². The van der Waals surface area contributed by atoms with Gasteiger partial charge in [-0.1, -0.05) is 27.7 Å². The Labute approximate surface area is 179 Å². The molecule has 1 unspecified atom stereocenters. The monoisotopic (exact) mass is 419 g/mol. The maximum absolute atomic E-state index is 12.8. The van der Waals surface area contributed by atoms with Gasteiger partial charge in [-0.15, -0.1) is 11.3 Å². The molecule has 0 spiro atoms. The maximum Gasteiger partial charge on any atom is 0.261 e. The van der Waals surface area contributed by atoms with Crippen molar-refractivity contribution in [1.82, 2.24) is 15.5 Å². The number of carbonyl (C=O) groups excluding carboxylic acids is 2. The first-order valence-electron chi connectivity index (χ1n) is 11.2. The molecule has 1 atom stereocenters. The summed E-state index contributed by atoms with van der Waals surface area (Å²) in [5.74, 6) is 0.877. The third-order valence-corrected chi connectivity index (χ3v) is 7.63. The Bertz CT molecular complexity index is 714. The number of likely N-dealkylation sites (tertiary alicyclic amines) is 1. The Balaban J connectivity index is 1.47. The molecule has 6 heteroatoms. The number of thiophene rings is 1. The Morgan fingerprint density at radius 1 is 1.21 bits per heavy atom. The summed E-state index contributed by atoms with van der Waals surface area (Å²) >= 11 is 1.69. The lowest BCUT2D eigenvalue weighted by Crippen LogP contribution is -2.47. The van der Waals surface area contributed by atoms with E-state index < -0.39 is 0 Å². The van der Waals surface area contributed by atoms with Crippen LogP contribution >= 0.6 is 11.3 Å². The predicted octanol–water partition coefficient (Wildman–Crippen LogP) is 3.62. The normalized spacial score (nSPS) is 20.9. The molecule has 162 valence electrons. The molecule has 0 aromatic carbocycles. The average molecular weight is 420 g/mol. The molecule has 1 aromatic rings. The number of aryl methyl sites for hydroxylation is 1. The number of amides is 2. The molecule has 1 aliphatic heterocycles. The predicted molar refractivity (Wildman–Crippen MR) is 120 cm³/mol. The first-order valence-corrected chi connectivity index (χ1v) is 12.0. The van der Waals surface area contributed by atoms with E-state index in [0.717, 1.165) is 56.6 Å². The standard InChI is InChI=1S/C23H37N3O2S/c1-5-10-24-21(27)15-26-11-8-18(9-12-26)25-22(28)20-14-16-13-17(23(2,3)4)6-7-19(16)29-20/h14,17-18H,5-13,15H2,1-4H3,(H,24,27)(H,25,28). The number of rotatable bonds is 6. The topological polar surface area (TPSA) is 61.4 Å². The Hall–Kier alpha value is -1.40. The lowest BCUT2D eigenvalue weighted by Gasteiger charge is -2.33. The quantitative estimate of drug-likeness (QED) is 0.740. The fraction of sp³-hybridized carbons (Fsp3) is 0.739. The molecule has 2 N–H and O–H groups in total. The highest BCUT2D eigenvalue weighted by atomic mass is 32.1. The van der Waals surface area contributed by atoms with Gasteiger partial charge >= 0.3 is 0 Å². The van der Waals surface area contributed by atoms with Gasteiger partial charge < -0.3 is 10.6 Å². The molecule has 1 aromatic heterocycles. The van der Waals surface area contributed by atoms with E-state index in [4.69, 9.17) is 0 Å². The van der Waals surface area contributed by atoms with Gasteiger partial charge in [0.2, 0.25) is 5.91 Å². The third-order valence-electron chi connectivity index (χ3n) is 6.39. The van der Waals surface area contributed by atoms with Crippen LogP contribution in [0.2, 0.25) is 0 Å². The van der Waals surface area contributed by atoms with Crippen LogP contribution in [-0.2, 0) is 17.6 Å². The van der Waals surface area contributed by atoms with Crippen molar-refractivity contribution in [3.8, 4) is 0 Å². The fourth-order valence-corrected chi connectivity index (χ4v) is 5.50. The van der Waals surface area contributed by atoms with Crippen molar-refractivity contribution in [1.29, 1.82) is 0 Å². The molecule has 2 heterocycles. The highest BCUT2D eigenvalue weighted by Gasteiger charge is 2.31. The number of fused-ring (bicyclic) bond motifs is 1. The van der Waals surface area contributed by atoms with E-state index in [0.29, 0.717) is 17.9 Å². The van der Waals surface area contributed by atoms with Crippen LogP contribution in [0.4, 0.5) is 0 Å². The van der Waals surface area contributed by atoms with E-state index >= 15 is 0 Å². The number of nitrogens with one attached hydrogen (secondary N) is 2. The summed E-state index contributed by atoms with van der Waals surface area (Å²) < 4.78 is 0. The first-order chi connectivity index (χ1) is 13.8. The minimum atomic E-state index is 0.0795. The van der Waals surface area contributed by atoms with Crippen molar-refractivity contribution in [2.24, 2.45) is 11.3 Å². The van der Waals surface area contributed by atoms with E-state index in [1.807, 2.05) is 0 Å². The Morgan fingerprint density at radius 3 is 2.59 bits per heavy atom. The zero-order valence-corrected chi connectivity index (χ0v) is 19.3. The van der Waals surface area contributed by atoms with Crippen LogP contribution < -0.4 is 10.6 Å². The van der Waals surface area contributed by atoms with Gasteiger partial charge in [-0.25, -0.2) is 0 Å². The number of hydrogen-bond acceptors (Lipinski definition) is 4. The third kappa shape index (κ3) is 6.05. The minimum Gasteiger partial charge on any atom is -0.355 e. The van der Waals surface area contributed by atoms with Crippen LogP contribution in [0, 0.1) is 11.3 Å². The summed E-state index contributed by atoms with van der Waals surface area (Å²) in [4.78, 5) is 29.1. The molecule has 5 nitrogen and oxygen atoms in total. The molecule has 0 saturated carbocycles. The molecule has 0 radical (unpaired) electrons. The number of carbonyl (C=O) groups is 2. The lowest BCUT2D eigenvalue weighted by molar-refractivity contribution is -0.122.